The number of carbonyl (C=O) groups excluding carboxylic acids is 1. The molecule has 1 amide bonds. The molecule has 0 aliphatic carbocycles. The average molecular weight is 341 g/mol. The van der Waals surface area contributed by atoms with Gasteiger partial charge in [-0.25, -0.2) is 0 Å². The van der Waals surface area contributed by atoms with Crippen LogP contribution in [0.15, 0.2) is 40.9 Å². The Labute approximate surface area is 147 Å². The first kappa shape index (κ1) is 16.3. The normalized spacial score (nSPS) is 21.7. The smallest absolute Gasteiger partial charge is 0.276 e. The number of rotatable bonds is 4. The van der Waals surface area contributed by atoms with Crippen molar-refractivity contribution < 1.29 is 14.1 Å². The molecule has 1 aromatic heterocycles. The van der Waals surface area contributed by atoms with Gasteiger partial charge in [0, 0.05) is 18.7 Å². The second kappa shape index (κ2) is 6.28. The van der Waals surface area contributed by atoms with Crippen LogP contribution < -0.4 is 0 Å². The van der Waals surface area contributed by atoms with Crippen molar-refractivity contribution in [1.29, 1.82) is 0 Å². The van der Waals surface area contributed by atoms with Crippen molar-refractivity contribution in [2.24, 2.45) is 0 Å². The molecule has 2 aliphatic rings. The minimum atomic E-state index is -0.190. The molecule has 1 aromatic carbocycles. The molecule has 0 bridgehead atoms. The van der Waals surface area contributed by atoms with Gasteiger partial charge >= 0.3 is 0 Å². The summed E-state index contributed by atoms with van der Waals surface area (Å²) in [5.74, 6) is 0.575. The predicted octanol–water partition coefficient (Wildman–Crippen LogP) is 2.10. The molecule has 0 N–H and O–H groups in total. The molecule has 2 aliphatic heterocycles. The van der Waals surface area contributed by atoms with E-state index >= 15 is 0 Å². The Bertz CT molecular complexity index is 752. The van der Waals surface area contributed by atoms with E-state index in [4.69, 9.17) is 9.26 Å². The Kier molecular flexibility index (Phi) is 4.09. The van der Waals surface area contributed by atoms with Crippen LogP contribution in [0.25, 0.3) is 0 Å². The van der Waals surface area contributed by atoms with E-state index < -0.39 is 0 Å². The molecule has 1 unspecified atom stereocenters. The lowest BCUT2D eigenvalue weighted by molar-refractivity contribution is -0.0952. The second-order valence-corrected chi connectivity index (χ2v) is 7.24. The SMILES string of the molecule is Cc1cc(C(=O)N2CC3(CC(N(C)Cc4ccccc4)CO3)C2)no1. The summed E-state index contributed by atoms with van der Waals surface area (Å²) in [5, 5.41) is 3.81. The van der Waals surface area contributed by atoms with Gasteiger partial charge in [0.05, 0.1) is 19.7 Å². The summed E-state index contributed by atoms with van der Waals surface area (Å²) in [6.07, 6.45) is 0.956. The van der Waals surface area contributed by atoms with Gasteiger partial charge in [-0.15, -0.1) is 0 Å². The van der Waals surface area contributed by atoms with Crippen LogP contribution in [0.1, 0.15) is 28.2 Å². The van der Waals surface area contributed by atoms with Gasteiger partial charge in [-0.05, 0) is 26.0 Å². The molecule has 0 saturated carbocycles. The standard InChI is InChI=1S/C19H23N3O3/c1-14-8-17(20-25-14)18(23)22-12-19(13-22)9-16(11-24-19)21(2)10-15-6-4-3-5-7-15/h3-8,16H,9-13H2,1-2H3. The Morgan fingerprint density at radius 1 is 1.36 bits per heavy atom. The van der Waals surface area contributed by atoms with E-state index in [1.165, 1.54) is 5.56 Å². The lowest BCUT2D eigenvalue weighted by Crippen LogP contribution is -2.63. The van der Waals surface area contributed by atoms with Crippen LogP contribution in [0.4, 0.5) is 0 Å². The number of benzene rings is 1. The molecule has 1 spiro atoms. The summed E-state index contributed by atoms with van der Waals surface area (Å²) in [6, 6.07) is 12.5. The first-order valence-corrected chi connectivity index (χ1v) is 8.65. The third kappa shape index (κ3) is 3.19. The molecular weight excluding hydrogens is 318 g/mol. The number of aromatic nitrogens is 1. The third-order valence-electron chi connectivity index (χ3n) is 5.18. The molecule has 1 atom stereocenters. The number of hydrogen-bond acceptors (Lipinski definition) is 5. The molecule has 25 heavy (non-hydrogen) atoms. The highest BCUT2D eigenvalue weighted by molar-refractivity contribution is 5.93. The first-order chi connectivity index (χ1) is 12.0. The highest BCUT2D eigenvalue weighted by Gasteiger charge is 2.52. The van der Waals surface area contributed by atoms with E-state index in [1.807, 2.05) is 6.07 Å². The lowest BCUT2D eigenvalue weighted by Gasteiger charge is -2.46. The highest BCUT2D eigenvalue weighted by Crippen LogP contribution is 2.37. The van der Waals surface area contributed by atoms with E-state index in [9.17, 15) is 4.79 Å². The van der Waals surface area contributed by atoms with Crippen LogP contribution >= 0.6 is 0 Å². The van der Waals surface area contributed by atoms with E-state index in [0.717, 1.165) is 13.0 Å². The molecule has 2 fully saturated rings. The summed E-state index contributed by atoms with van der Waals surface area (Å²) < 4.78 is 11.1. The number of likely N-dealkylation sites (N-methyl/N-ethyl adjacent to an activating group) is 1. The maximum atomic E-state index is 12.4. The topological polar surface area (TPSA) is 58.8 Å². The van der Waals surface area contributed by atoms with Crippen LogP contribution in [0.2, 0.25) is 0 Å². The van der Waals surface area contributed by atoms with Crippen molar-refractivity contribution in [1.82, 2.24) is 15.0 Å². The van der Waals surface area contributed by atoms with Crippen molar-refractivity contribution in [3.8, 4) is 0 Å². The van der Waals surface area contributed by atoms with Gasteiger partial charge in [0.2, 0.25) is 0 Å². The first-order valence-electron chi connectivity index (χ1n) is 8.65. The van der Waals surface area contributed by atoms with Crippen molar-refractivity contribution in [3.63, 3.8) is 0 Å². The molecule has 6 heteroatoms. The maximum Gasteiger partial charge on any atom is 0.276 e. The zero-order chi connectivity index (χ0) is 17.4. The van der Waals surface area contributed by atoms with Crippen molar-refractivity contribution in [2.75, 3.05) is 26.7 Å². The Morgan fingerprint density at radius 2 is 2.12 bits per heavy atom. The predicted molar refractivity (Wildman–Crippen MR) is 92.1 cm³/mol. The number of aryl methyl sites for hydroxylation is 1. The van der Waals surface area contributed by atoms with Crippen molar-refractivity contribution in [3.05, 3.63) is 53.4 Å². The largest absolute Gasteiger partial charge is 0.370 e. The molecule has 0 radical (unpaired) electrons. The monoisotopic (exact) mass is 341 g/mol. The van der Waals surface area contributed by atoms with Crippen molar-refractivity contribution >= 4 is 5.91 Å². The molecule has 2 saturated heterocycles. The van der Waals surface area contributed by atoms with Crippen LogP contribution in [-0.4, -0.2) is 59.3 Å². The minimum Gasteiger partial charge on any atom is -0.370 e. The van der Waals surface area contributed by atoms with Crippen molar-refractivity contribution in [2.45, 2.75) is 31.5 Å². The van der Waals surface area contributed by atoms with E-state index in [-0.39, 0.29) is 11.5 Å². The fourth-order valence-electron chi connectivity index (χ4n) is 3.75. The van der Waals surface area contributed by atoms with E-state index in [2.05, 4.69) is 41.4 Å². The van der Waals surface area contributed by atoms with Gasteiger partial charge in [0.15, 0.2) is 5.69 Å². The van der Waals surface area contributed by atoms with E-state index in [1.54, 1.807) is 17.9 Å². The number of ether oxygens (including phenoxy) is 1. The summed E-state index contributed by atoms with van der Waals surface area (Å²) in [6.45, 7) is 4.68. The number of nitrogens with zero attached hydrogens (tertiary/aromatic N) is 3. The quantitative estimate of drug-likeness (QED) is 0.852. The van der Waals surface area contributed by atoms with Gasteiger partial charge in [-0.3, -0.25) is 9.69 Å². The van der Waals surface area contributed by atoms with Crippen LogP contribution in [0, 0.1) is 6.92 Å². The number of carbonyl (C=O) groups is 1. The summed E-state index contributed by atoms with van der Waals surface area (Å²) in [5.41, 5.74) is 1.49. The Hall–Kier alpha value is -2.18. The maximum absolute atomic E-state index is 12.4. The number of amides is 1. The molecule has 3 heterocycles. The van der Waals surface area contributed by atoms with Gasteiger partial charge in [0.1, 0.15) is 11.4 Å². The van der Waals surface area contributed by atoms with E-state index in [0.29, 0.717) is 37.2 Å². The highest BCUT2D eigenvalue weighted by atomic mass is 16.5. The average Bonchev–Trinajstić information content (AvgIpc) is 3.20. The molecule has 2 aromatic rings. The van der Waals surface area contributed by atoms with Gasteiger partial charge in [0.25, 0.3) is 5.91 Å². The second-order valence-electron chi connectivity index (χ2n) is 7.24. The lowest BCUT2D eigenvalue weighted by atomic mass is 9.88. The third-order valence-corrected chi connectivity index (χ3v) is 5.18. The minimum absolute atomic E-state index is 0.0767. The molecule has 132 valence electrons. The molecule has 6 nitrogen and oxygen atoms in total. The Balaban J connectivity index is 1.32. The Morgan fingerprint density at radius 3 is 2.80 bits per heavy atom. The number of hydrogen-bond donors (Lipinski definition) is 0. The van der Waals surface area contributed by atoms with Gasteiger partial charge < -0.3 is 14.2 Å². The zero-order valence-corrected chi connectivity index (χ0v) is 14.6. The molecule has 4 rings (SSSR count). The van der Waals surface area contributed by atoms with Gasteiger partial charge in [-0.1, -0.05) is 35.5 Å². The fourth-order valence-corrected chi connectivity index (χ4v) is 3.75. The summed E-state index contributed by atoms with van der Waals surface area (Å²) in [7, 11) is 2.14. The number of likely N-dealkylation sites (tertiary alicyclic amines) is 1. The van der Waals surface area contributed by atoms with Crippen LogP contribution in [0.5, 0.6) is 0 Å². The van der Waals surface area contributed by atoms with Gasteiger partial charge in [-0.2, -0.15) is 0 Å². The summed E-state index contributed by atoms with van der Waals surface area (Å²) >= 11 is 0. The van der Waals surface area contributed by atoms with Crippen LogP contribution in [0.3, 0.4) is 0 Å². The molecular formula is C19H23N3O3. The zero-order valence-electron chi connectivity index (χ0n) is 14.6. The summed E-state index contributed by atoms with van der Waals surface area (Å²) in [4.78, 5) is 16.5. The fraction of sp³-hybridized carbons (Fsp3) is 0.474. The van der Waals surface area contributed by atoms with Crippen LogP contribution in [-0.2, 0) is 11.3 Å².